The summed E-state index contributed by atoms with van der Waals surface area (Å²) in [6.45, 7) is 0.0714. The standard InChI is InChI=1S/C8H10N2O9/c11-9(12)18-4-1-16-7-6(4)17-3-8(7,5-2-15-5)19-10(13)14/h4-7H,1-3H2/t4-,5?,6-,7+,8+/m1/s1. The molecule has 5 atom stereocenters. The molecular weight excluding hydrogens is 268 g/mol. The van der Waals surface area contributed by atoms with Gasteiger partial charge in [0.05, 0.1) is 19.8 Å². The molecule has 0 N–H and O–H groups in total. The molecule has 0 aromatic carbocycles. The Hall–Kier alpha value is -1.72. The fraction of sp³-hybridized carbons (Fsp3) is 1.00. The minimum Gasteiger partial charge on any atom is -0.370 e. The number of rotatable bonds is 5. The minimum atomic E-state index is -1.37. The van der Waals surface area contributed by atoms with Crippen molar-refractivity contribution in [2.75, 3.05) is 19.8 Å². The predicted molar refractivity (Wildman–Crippen MR) is 51.9 cm³/mol. The molecule has 0 saturated carbocycles. The molecule has 19 heavy (non-hydrogen) atoms. The molecule has 0 radical (unpaired) electrons. The van der Waals surface area contributed by atoms with Crippen LogP contribution in [0.1, 0.15) is 0 Å². The maximum atomic E-state index is 10.6. The van der Waals surface area contributed by atoms with Crippen molar-refractivity contribution in [2.24, 2.45) is 0 Å². The summed E-state index contributed by atoms with van der Waals surface area (Å²) < 4.78 is 15.7. The second kappa shape index (κ2) is 4.15. The summed E-state index contributed by atoms with van der Waals surface area (Å²) >= 11 is 0. The van der Waals surface area contributed by atoms with Crippen molar-refractivity contribution >= 4 is 0 Å². The fourth-order valence-corrected chi connectivity index (χ4v) is 2.59. The van der Waals surface area contributed by atoms with Crippen LogP contribution < -0.4 is 0 Å². The third-order valence-electron chi connectivity index (χ3n) is 3.43. The normalized spacial score (nSPS) is 43.6. The highest BCUT2D eigenvalue weighted by Crippen LogP contribution is 2.44. The molecule has 3 fully saturated rings. The van der Waals surface area contributed by atoms with Crippen molar-refractivity contribution in [3.63, 3.8) is 0 Å². The van der Waals surface area contributed by atoms with E-state index in [4.69, 9.17) is 19.0 Å². The predicted octanol–water partition coefficient (Wildman–Crippen LogP) is -1.29. The molecule has 106 valence electrons. The summed E-state index contributed by atoms with van der Waals surface area (Å²) in [4.78, 5) is 30.1. The van der Waals surface area contributed by atoms with Gasteiger partial charge in [-0.1, -0.05) is 0 Å². The Kier molecular flexibility index (Phi) is 2.69. The van der Waals surface area contributed by atoms with Gasteiger partial charge in [0.25, 0.3) is 10.2 Å². The fourth-order valence-electron chi connectivity index (χ4n) is 2.59. The maximum absolute atomic E-state index is 10.6. The number of ether oxygens (including phenoxy) is 3. The molecule has 3 rings (SSSR count). The van der Waals surface area contributed by atoms with Crippen LogP contribution in [0.4, 0.5) is 0 Å². The zero-order valence-electron chi connectivity index (χ0n) is 9.50. The molecule has 0 bridgehead atoms. The molecule has 0 aliphatic carbocycles. The van der Waals surface area contributed by atoms with Gasteiger partial charge >= 0.3 is 0 Å². The van der Waals surface area contributed by atoms with Crippen molar-refractivity contribution in [3.8, 4) is 0 Å². The number of hydrogen-bond donors (Lipinski definition) is 0. The average molecular weight is 278 g/mol. The molecular formula is C8H10N2O9. The van der Waals surface area contributed by atoms with Crippen LogP contribution in [-0.4, -0.2) is 60.0 Å². The number of fused-ring (bicyclic) bond motifs is 1. The summed E-state index contributed by atoms with van der Waals surface area (Å²) in [5.41, 5.74) is -1.37. The highest BCUT2D eigenvalue weighted by molar-refractivity contribution is 5.11. The van der Waals surface area contributed by atoms with Gasteiger partial charge in [-0.3, -0.25) is 4.84 Å². The number of nitrogens with zero attached hydrogens (tertiary/aromatic N) is 2. The minimum absolute atomic E-state index is 0.0914. The summed E-state index contributed by atoms with van der Waals surface area (Å²) in [6, 6.07) is 0. The smallest absolute Gasteiger partial charge is 0.295 e. The summed E-state index contributed by atoms with van der Waals surface area (Å²) in [5, 5.41) is 19.1. The van der Waals surface area contributed by atoms with E-state index < -0.39 is 40.2 Å². The van der Waals surface area contributed by atoms with Gasteiger partial charge in [-0.05, 0) is 0 Å². The van der Waals surface area contributed by atoms with E-state index in [0.717, 1.165) is 0 Å². The summed E-state index contributed by atoms with van der Waals surface area (Å²) in [7, 11) is 0. The molecule has 3 aliphatic rings. The van der Waals surface area contributed by atoms with E-state index in [0.29, 0.717) is 6.61 Å². The van der Waals surface area contributed by atoms with Crippen molar-refractivity contribution in [3.05, 3.63) is 20.2 Å². The van der Waals surface area contributed by atoms with E-state index in [9.17, 15) is 20.2 Å². The lowest BCUT2D eigenvalue weighted by molar-refractivity contribution is -0.783. The molecule has 0 aromatic heterocycles. The highest BCUT2D eigenvalue weighted by Gasteiger charge is 2.67. The Bertz CT molecular complexity index is 413. The maximum Gasteiger partial charge on any atom is 0.295 e. The molecule has 0 amide bonds. The molecule has 0 aromatic rings. The highest BCUT2D eigenvalue weighted by atomic mass is 17.0. The van der Waals surface area contributed by atoms with Crippen LogP contribution in [0.2, 0.25) is 0 Å². The van der Waals surface area contributed by atoms with Crippen LogP contribution in [0.5, 0.6) is 0 Å². The van der Waals surface area contributed by atoms with Crippen LogP contribution >= 0.6 is 0 Å². The lowest BCUT2D eigenvalue weighted by Crippen LogP contribution is -2.52. The SMILES string of the molecule is O=[N+]([O-])O[C@@H]1CO[C@H]2[C@@H]1OC[C@]2(O[N+](=O)[O-])C1CO1. The van der Waals surface area contributed by atoms with Gasteiger partial charge in [0.15, 0.2) is 11.7 Å². The molecule has 1 unspecified atom stereocenters. The van der Waals surface area contributed by atoms with Crippen molar-refractivity contribution in [1.29, 1.82) is 0 Å². The average Bonchev–Trinajstić information content (AvgIpc) is 3.00. The van der Waals surface area contributed by atoms with E-state index in [1.165, 1.54) is 0 Å². The van der Waals surface area contributed by atoms with E-state index in [1.807, 2.05) is 0 Å². The third kappa shape index (κ3) is 1.95. The second-order valence-corrected chi connectivity index (χ2v) is 4.49. The van der Waals surface area contributed by atoms with Gasteiger partial charge in [0, 0.05) is 0 Å². The zero-order chi connectivity index (χ0) is 13.6. The lowest BCUT2D eigenvalue weighted by Gasteiger charge is -2.27. The molecule has 0 spiro atoms. The van der Waals surface area contributed by atoms with Crippen LogP contribution in [-0.2, 0) is 23.9 Å². The summed E-state index contributed by atoms with van der Waals surface area (Å²) in [5.74, 6) is 0. The Morgan fingerprint density at radius 2 is 1.84 bits per heavy atom. The molecule has 3 saturated heterocycles. The van der Waals surface area contributed by atoms with Crippen molar-refractivity contribution in [1.82, 2.24) is 0 Å². The number of epoxide rings is 1. The Morgan fingerprint density at radius 3 is 2.42 bits per heavy atom. The first kappa shape index (κ1) is 12.3. The first-order valence-corrected chi connectivity index (χ1v) is 5.52. The molecule has 11 nitrogen and oxygen atoms in total. The first-order chi connectivity index (χ1) is 9.03. The number of hydrogen-bond acceptors (Lipinski definition) is 9. The van der Waals surface area contributed by atoms with Gasteiger partial charge in [0.2, 0.25) is 0 Å². The summed E-state index contributed by atoms with van der Waals surface area (Å²) in [6.07, 6.45) is -3.04. The van der Waals surface area contributed by atoms with Gasteiger partial charge in [0.1, 0.15) is 18.3 Å². The van der Waals surface area contributed by atoms with E-state index >= 15 is 0 Å². The molecule has 3 aliphatic heterocycles. The van der Waals surface area contributed by atoms with E-state index in [1.54, 1.807) is 0 Å². The van der Waals surface area contributed by atoms with Crippen molar-refractivity contribution in [2.45, 2.75) is 30.0 Å². The van der Waals surface area contributed by atoms with Crippen molar-refractivity contribution < 1.29 is 34.1 Å². The first-order valence-electron chi connectivity index (χ1n) is 5.52. The van der Waals surface area contributed by atoms with Gasteiger partial charge in [-0.25, -0.2) is 0 Å². The third-order valence-corrected chi connectivity index (χ3v) is 3.43. The Balaban J connectivity index is 1.78. The zero-order valence-corrected chi connectivity index (χ0v) is 9.50. The molecule has 11 heteroatoms. The Labute approximate surface area is 105 Å². The van der Waals surface area contributed by atoms with E-state index in [2.05, 4.69) is 4.84 Å². The molecule has 3 heterocycles. The largest absolute Gasteiger partial charge is 0.370 e. The monoisotopic (exact) mass is 278 g/mol. The van der Waals surface area contributed by atoms with Crippen LogP contribution in [0.15, 0.2) is 0 Å². The second-order valence-electron chi connectivity index (χ2n) is 4.49. The quantitative estimate of drug-likeness (QED) is 0.341. The lowest BCUT2D eigenvalue weighted by atomic mass is 9.93. The van der Waals surface area contributed by atoms with Gasteiger partial charge in [-0.15, -0.1) is 20.2 Å². The topological polar surface area (TPSA) is 136 Å². The van der Waals surface area contributed by atoms with Crippen LogP contribution in [0, 0.1) is 20.2 Å². The Morgan fingerprint density at radius 1 is 1.11 bits per heavy atom. The van der Waals surface area contributed by atoms with Crippen LogP contribution in [0.25, 0.3) is 0 Å². The van der Waals surface area contributed by atoms with Gasteiger partial charge in [-0.2, -0.15) is 0 Å². The van der Waals surface area contributed by atoms with Gasteiger partial charge < -0.3 is 19.0 Å². The van der Waals surface area contributed by atoms with E-state index in [-0.39, 0.29) is 13.2 Å². The van der Waals surface area contributed by atoms with Crippen LogP contribution in [0.3, 0.4) is 0 Å².